The molecule has 2 rings (SSSR count). The highest BCUT2D eigenvalue weighted by atomic mass is 127. The lowest BCUT2D eigenvalue weighted by atomic mass is 10.3. The zero-order valence-electron chi connectivity index (χ0n) is 10.6. The Morgan fingerprint density at radius 2 is 2.05 bits per heavy atom. The quantitative estimate of drug-likeness (QED) is 0.714. The number of thiophene rings is 1. The lowest BCUT2D eigenvalue weighted by Gasteiger charge is -2.08. The summed E-state index contributed by atoms with van der Waals surface area (Å²) in [5, 5.41) is 8.96. The Morgan fingerprint density at radius 3 is 2.57 bits per heavy atom. The second-order valence-corrected chi connectivity index (χ2v) is 8.24. The van der Waals surface area contributed by atoms with E-state index in [2.05, 4.69) is 4.72 Å². The van der Waals surface area contributed by atoms with Gasteiger partial charge in [0.1, 0.15) is 14.9 Å². The highest BCUT2D eigenvalue weighted by Gasteiger charge is 2.22. The van der Waals surface area contributed by atoms with Crippen molar-refractivity contribution in [2.75, 3.05) is 4.72 Å². The second kappa shape index (κ2) is 5.89. The molecule has 1 aromatic carbocycles. The van der Waals surface area contributed by atoms with Crippen molar-refractivity contribution in [3.8, 4) is 0 Å². The predicted molar refractivity (Wildman–Crippen MR) is 85.9 cm³/mol. The Hall–Kier alpha value is -1.20. The van der Waals surface area contributed by atoms with Gasteiger partial charge in [-0.1, -0.05) is 0 Å². The Morgan fingerprint density at radius 1 is 1.38 bits per heavy atom. The summed E-state index contributed by atoms with van der Waals surface area (Å²) < 4.78 is 40.1. The molecule has 0 atom stereocenters. The van der Waals surface area contributed by atoms with Gasteiger partial charge in [0.25, 0.3) is 10.0 Å². The van der Waals surface area contributed by atoms with Crippen LogP contribution in [0, 0.1) is 16.3 Å². The Bertz CT molecular complexity index is 817. The highest BCUT2D eigenvalue weighted by Crippen LogP contribution is 2.29. The standard InChI is InChI=1S/C12H9FINO4S2/c1-6-4-10(20-11(6)12(16)17)21(18,19)15-9-3-2-7(13)5-8(9)14/h2-5,15H,1H3,(H,16,17). The van der Waals surface area contributed by atoms with Crippen LogP contribution in [0.1, 0.15) is 15.2 Å². The number of aromatic carboxylic acids is 1. The van der Waals surface area contributed by atoms with E-state index < -0.39 is 21.8 Å². The van der Waals surface area contributed by atoms with Crippen LogP contribution < -0.4 is 4.72 Å². The maximum Gasteiger partial charge on any atom is 0.346 e. The van der Waals surface area contributed by atoms with Gasteiger partial charge < -0.3 is 5.11 Å². The van der Waals surface area contributed by atoms with E-state index in [0.717, 1.165) is 6.07 Å². The van der Waals surface area contributed by atoms with Crippen LogP contribution in [-0.4, -0.2) is 19.5 Å². The number of halogens is 2. The summed E-state index contributed by atoms with van der Waals surface area (Å²) in [6.07, 6.45) is 0. The van der Waals surface area contributed by atoms with Crippen LogP contribution in [0.15, 0.2) is 28.5 Å². The third kappa shape index (κ3) is 3.52. The molecule has 0 unspecified atom stereocenters. The van der Waals surface area contributed by atoms with Crippen LogP contribution in [0.2, 0.25) is 0 Å². The summed E-state index contributed by atoms with van der Waals surface area (Å²) in [5.41, 5.74) is 0.613. The molecule has 1 aromatic heterocycles. The van der Waals surface area contributed by atoms with Crippen LogP contribution >= 0.6 is 33.9 Å². The lowest BCUT2D eigenvalue weighted by molar-refractivity contribution is 0.0701. The summed E-state index contributed by atoms with van der Waals surface area (Å²) in [4.78, 5) is 10.9. The molecule has 0 fully saturated rings. The van der Waals surface area contributed by atoms with Crippen LogP contribution in [0.5, 0.6) is 0 Å². The van der Waals surface area contributed by atoms with Gasteiger partial charge in [-0.3, -0.25) is 4.72 Å². The van der Waals surface area contributed by atoms with Gasteiger partial charge in [-0.25, -0.2) is 17.6 Å². The topological polar surface area (TPSA) is 83.5 Å². The number of carboxylic acid groups (broad SMARTS) is 1. The molecule has 112 valence electrons. The molecular weight excluding hydrogens is 432 g/mol. The van der Waals surface area contributed by atoms with Crippen molar-refractivity contribution in [3.05, 3.63) is 44.1 Å². The van der Waals surface area contributed by atoms with Crippen LogP contribution in [0.25, 0.3) is 0 Å². The van der Waals surface area contributed by atoms with Crippen molar-refractivity contribution in [1.29, 1.82) is 0 Å². The fourth-order valence-corrected chi connectivity index (χ4v) is 4.82. The van der Waals surface area contributed by atoms with E-state index in [-0.39, 0.29) is 14.8 Å². The number of rotatable bonds is 4. The Kier molecular flexibility index (Phi) is 4.54. The first-order chi connectivity index (χ1) is 9.70. The van der Waals surface area contributed by atoms with Gasteiger partial charge in [-0.05, 0) is 59.3 Å². The fraction of sp³-hybridized carbons (Fsp3) is 0.0833. The molecule has 0 aliphatic rings. The molecule has 2 aromatic rings. The fourth-order valence-electron chi connectivity index (χ4n) is 1.56. The molecule has 0 saturated heterocycles. The molecule has 21 heavy (non-hydrogen) atoms. The molecule has 0 amide bonds. The summed E-state index contributed by atoms with van der Waals surface area (Å²) in [6.45, 7) is 1.53. The first-order valence-electron chi connectivity index (χ1n) is 5.52. The third-order valence-corrected chi connectivity index (χ3v) is 6.49. The summed E-state index contributed by atoms with van der Waals surface area (Å²) in [7, 11) is -3.91. The molecule has 0 radical (unpaired) electrons. The van der Waals surface area contributed by atoms with Gasteiger partial charge in [-0.2, -0.15) is 0 Å². The Balaban J connectivity index is 2.38. The number of benzene rings is 1. The number of anilines is 1. The third-order valence-electron chi connectivity index (χ3n) is 2.53. The Labute approximate surface area is 138 Å². The van der Waals surface area contributed by atoms with Gasteiger partial charge in [-0.15, -0.1) is 11.3 Å². The molecule has 0 aliphatic carbocycles. The van der Waals surface area contributed by atoms with E-state index in [1.54, 1.807) is 0 Å². The molecule has 0 aliphatic heterocycles. The summed E-state index contributed by atoms with van der Waals surface area (Å²) in [5.74, 6) is -1.64. The van der Waals surface area contributed by atoms with E-state index in [1.807, 2.05) is 22.6 Å². The van der Waals surface area contributed by atoms with Crippen molar-refractivity contribution in [2.24, 2.45) is 0 Å². The number of aryl methyl sites for hydroxylation is 1. The molecule has 5 nitrogen and oxygen atoms in total. The van der Waals surface area contributed by atoms with Gasteiger partial charge >= 0.3 is 5.97 Å². The van der Waals surface area contributed by atoms with Crippen molar-refractivity contribution >= 4 is 55.6 Å². The van der Waals surface area contributed by atoms with Crippen molar-refractivity contribution in [3.63, 3.8) is 0 Å². The van der Waals surface area contributed by atoms with Gasteiger partial charge in [0.2, 0.25) is 0 Å². The summed E-state index contributed by atoms with van der Waals surface area (Å²) >= 11 is 2.49. The van der Waals surface area contributed by atoms with E-state index in [0.29, 0.717) is 20.5 Å². The van der Waals surface area contributed by atoms with Crippen LogP contribution in [-0.2, 0) is 10.0 Å². The molecule has 2 N–H and O–H groups in total. The monoisotopic (exact) mass is 441 g/mol. The first-order valence-corrected chi connectivity index (χ1v) is 8.90. The number of nitrogens with one attached hydrogen (secondary N) is 1. The van der Waals surface area contributed by atoms with Gasteiger partial charge in [0.05, 0.1) is 5.69 Å². The minimum absolute atomic E-state index is 0.0239. The first kappa shape index (κ1) is 16.2. The number of carbonyl (C=O) groups is 1. The molecular formula is C12H9FINO4S2. The molecule has 0 bridgehead atoms. The molecule has 0 saturated carbocycles. The average Bonchev–Trinajstić information content (AvgIpc) is 2.76. The maximum atomic E-state index is 13.0. The van der Waals surface area contributed by atoms with Crippen molar-refractivity contribution < 1.29 is 22.7 Å². The number of hydrogen-bond donors (Lipinski definition) is 2. The predicted octanol–water partition coefficient (Wildman–Crippen LogP) is 3.30. The average molecular weight is 441 g/mol. The second-order valence-electron chi connectivity index (χ2n) is 4.11. The zero-order valence-corrected chi connectivity index (χ0v) is 14.3. The normalized spacial score (nSPS) is 11.4. The van der Waals surface area contributed by atoms with E-state index in [9.17, 15) is 17.6 Å². The van der Waals surface area contributed by atoms with Gasteiger partial charge in [0, 0.05) is 3.57 Å². The SMILES string of the molecule is Cc1cc(S(=O)(=O)Nc2ccc(F)cc2I)sc1C(=O)O. The lowest BCUT2D eigenvalue weighted by Crippen LogP contribution is -2.12. The van der Waals surface area contributed by atoms with Crippen molar-refractivity contribution in [2.45, 2.75) is 11.1 Å². The minimum Gasteiger partial charge on any atom is -0.477 e. The summed E-state index contributed by atoms with van der Waals surface area (Å²) in [6, 6.07) is 4.95. The molecule has 0 spiro atoms. The molecule has 9 heteroatoms. The van der Waals surface area contributed by atoms with E-state index >= 15 is 0 Å². The largest absolute Gasteiger partial charge is 0.477 e. The smallest absolute Gasteiger partial charge is 0.346 e. The molecule has 1 heterocycles. The number of carboxylic acids is 1. The highest BCUT2D eigenvalue weighted by molar-refractivity contribution is 14.1. The zero-order chi connectivity index (χ0) is 15.8. The number of hydrogen-bond acceptors (Lipinski definition) is 4. The van der Waals surface area contributed by atoms with E-state index in [4.69, 9.17) is 5.11 Å². The minimum atomic E-state index is -3.91. The maximum absolute atomic E-state index is 13.0. The van der Waals surface area contributed by atoms with Gasteiger partial charge in [0.15, 0.2) is 0 Å². The van der Waals surface area contributed by atoms with Crippen LogP contribution in [0.4, 0.5) is 10.1 Å². The van der Waals surface area contributed by atoms with Crippen LogP contribution in [0.3, 0.4) is 0 Å². The number of sulfonamides is 1. The van der Waals surface area contributed by atoms with Crippen molar-refractivity contribution in [1.82, 2.24) is 0 Å². The van der Waals surface area contributed by atoms with E-state index in [1.165, 1.54) is 25.1 Å².